The normalized spacial score (nSPS) is 10.3. The number of aromatic carboxylic acids is 2. The van der Waals surface area contributed by atoms with Gasteiger partial charge in [0.05, 0.1) is 22.5 Å². The lowest BCUT2D eigenvalue weighted by atomic mass is 10.0. The van der Waals surface area contributed by atoms with E-state index in [2.05, 4.69) is 4.98 Å². The first-order valence-corrected chi connectivity index (χ1v) is 5.95. The smallest absolute Gasteiger partial charge is 0.337 e. The first-order chi connectivity index (χ1) is 9.40. The molecule has 2 rings (SSSR count). The zero-order valence-corrected chi connectivity index (χ0v) is 11.0. The highest BCUT2D eigenvalue weighted by molar-refractivity contribution is 5.91. The minimum Gasteiger partial charge on any atom is -0.478 e. The number of benzene rings is 1. The summed E-state index contributed by atoms with van der Waals surface area (Å²) < 4.78 is 0. The molecule has 1 aromatic carbocycles. The number of nitrogens with zero attached hydrogens (tertiary/aromatic N) is 1. The van der Waals surface area contributed by atoms with Crippen molar-refractivity contribution in [3.05, 3.63) is 52.7 Å². The van der Waals surface area contributed by atoms with E-state index in [1.165, 1.54) is 12.1 Å². The molecule has 0 radical (unpaired) electrons. The molecule has 0 bridgehead atoms. The van der Waals surface area contributed by atoms with Gasteiger partial charge in [-0.2, -0.15) is 0 Å². The maximum atomic E-state index is 11.1. The number of hydrogen-bond acceptors (Lipinski definition) is 3. The molecule has 0 amide bonds. The summed E-state index contributed by atoms with van der Waals surface area (Å²) in [4.78, 5) is 26.2. The van der Waals surface area contributed by atoms with Crippen LogP contribution >= 0.6 is 0 Å². The Morgan fingerprint density at radius 1 is 1.00 bits per heavy atom. The summed E-state index contributed by atoms with van der Waals surface area (Å²) in [7, 11) is 0. The van der Waals surface area contributed by atoms with Gasteiger partial charge in [-0.3, -0.25) is 4.98 Å². The largest absolute Gasteiger partial charge is 0.478 e. The van der Waals surface area contributed by atoms with Crippen LogP contribution in [0, 0.1) is 13.8 Å². The van der Waals surface area contributed by atoms with Crippen molar-refractivity contribution in [1.29, 1.82) is 0 Å². The number of rotatable bonds is 3. The number of carboxylic acids is 2. The first kappa shape index (κ1) is 13.7. The zero-order valence-electron chi connectivity index (χ0n) is 11.0. The summed E-state index contributed by atoms with van der Waals surface area (Å²) >= 11 is 0. The second kappa shape index (κ2) is 5.13. The van der Waals surface area contributed by atoms with E-state index in [-0.39, 0.29) is 11.1 Å². The molecule has 1 heterocycles. The highest BCUT2D eigenvalue weighted by atomic mass is 16.4. The number of pyridine rings is 1. The van der Waals surface area contributed by atoms with E-state index in [9.17, 15) is 9.59 Å². The van der Waals surface area contributed by atoms with Gasteiger partial charge in [0.25, 0.3) is 0 Å². The Morgan fingerprint density at radius 2 is 1.60 bits per heavy atom. The average molecular weight is 271 g/mol. The third-order valence-electron chi connectivity index (χ3n) is 3.04. The lowest BCUT2D eigenvalue weighted by molar-refractivity contribution is 0.0684. The van der Waals surface area contributed by atoms with Crippen LogP contribution in [0.3, 0.4) is 0 Å². The van der Waals surface area contributed by atoms with Gasteiger partial charge in [-0.25, -0.2) is 9.59 Å². The van der Waals surface area contributed by atoms with Crippen molar-refractivity contribution in [2.24, 2.45) is 0 Å². The van der Waals surface area contributed by atoms with Crippen LogP contribution in [0.25, 0.3) is 11.3 Å². The van der Waals surface area contributed by atoms with Crippen molar-refractivity contribution >= 4 is 11.9 Å². The van der Waals surface area contributed by atoms with Gasteiger partial charge in [0.2, 0.25) is 0 Å². The SMILES string of the molecule is Cc1cc(-c2ccc(C(=O)O)cc2)nc(C)c1C(=O)O. The molecule has 5 nitrogen and oxygen atoms in total. The van der Waals surface area contributed by atoms with E-state index >= 15 is 0 Å². The number of carbonyl (C=O) groups is 2. The van der Waals surface area contributed by atoms with E-state index in [1.54, 1.807) is 32.0 Å². The summed E-state index contributed by atoms with van der Waals surface area (Å²) in [6.07, 6.45) is 0. The second-order valence-corrected chi connectivity index (χ2v) is 4.47. The predicted octanol–water partition coefficient (Wildman–Crippen LogP) is 2.76. The molecule has 5 heteroatoms. The fourth-order valence-electron chi connectivity index (χ4n) is 2.09. The van der Waals surface area contributed by atoms with Crippen LogP contribution < -0.4 is 0 Å². The Bertz CT molecular complexity index is 667. The van der Waals surface area contributed by atoms with Crippen LogP contribution in [0.5, 0.6) is 0 Å². The third kappa shape index (κ3) is 2.51. The van der Waals surface area contributed by atoms with E-state index in [0.717, 1.165) is 5.56 Å². The molecule has 0 aliphatic carbocycles. The van der Waals surface area contributed by atoms with Crippen LogP contribution in [0.15, 0.2) is 30.3 Å². The molecular formula is C15H13NO4. The number of hydrogen-bond donors (Lipinski definition) is 2. The molecule has 0 spiro atoms. The Balaban J connectivity index is 2.48. The Morgan fingerprint density at radius 3 is 2.05 bits per heavy atom. The summed E-state index contributed by atoms with van der Waals surface area (Å²) in [5.74, 6) is -1.99. The molecule has 102 valence electrons. The van der Waals surface area contributed by atoms with Crippen LogP contribution in [0.4, 0.5) is 0 Å². The van der Waals surface area contributed by atoms with Crippen molar-refractivity contribution in [2.45, 2.75) is 13.8 Å². The van der Waals surface area contributed by atoms with Crippen molar-refractivity contribution in [3.63, 3.8) is 0 Å². The summed E-state index contributed by atoms with van der Waals surface area (Å²) in [6.45, 7) is 3.36. The highest BCUT2D eigenvalue weighted by Crippen LogP contribution is 2.22. The maximum absolute atomic E-state index is 11.1. The topological polar surface area (TPSA) is 87.5 Å². The predicted molar refractivity (Wildman–Crippen MR) is 73.1 cm³/mol. The van der Waals surface area contributed by atoms with Crippen LogP contribution in [0.2, 0.25) is 0 Å². The molecule has 2 aromatic rings. The summed E-state index contributed by atoms with van der Waals surface area (Å²) in [5.41, 5.74) is 2.84. The molecule has 20 heavy (non-hydrogen) atoms. The number of carboxylic acid groups (broad SMARTS) is 2. The molecule has 0 fully saturated rings. The van der Waals surface area contributed by atoms with Gasteiger partial charge >= 0.3 is 11.9 Å². The van der Waals surface area contributed by atoms with Crippen LogP contribution in [0.1, 0.15) is 32.0 Å². The summed E-state index contributed by atoms with van der Waals surface area (Å²) in [6, 6.07) is 7.99. The van der Waals surface area contributed by atoms with Crippen molar-refractivity contribution in [3.8, 4) is 11.3 Å². The molecule has 0 saturated carbocycles. The van der Waals surface area contributed by atoms with Gasteiger partial charge in [-0.1, -0.05) is 12.1 Å². The second-order valence-electron chi connectivity index (χ2n) is 4.47. The quantitative estimate of drug-likeness (QED) is 0.896. The molecule has 0 atom stereocenters. The van der Waals surface area contributed by atoms with E-state index in [4.69, 9.17) is 10.2 Å². The molecule has 1 aromatic heterocycles. The maximum Gasteiger partial charge on any atom is 0.337 e. The van der Waals surface area contributed by atoms with E-state index < -0.39 is 11.9 Å². The summed E-state index contributed by atoms with van der Waals surface area (Å²) in [5, 5.41) is 18.0. The molecule has 2 N–H and O–H groups in total. The Labute approximate surface area is 115 Å². The Kier molecular flexibility index (Phi) is 3.52. The Hall–Kier alpha value is -2.69. The standard InChI is InChI=1S/C15H13NO4/c1-8-7-12(16-9(2)13(8)15(19)20)10-3-5-11(6-4-10)14(17)18/h3-7H,1-2H3,(H,17,18)(H,19,20). The van der Waals surface area contributed by atoms with Gasteiger partial charge < -0.3 is 10.2 Å². The van der Waals surface area contributed by atoms with Crippen LogP contribution in [-0.4, -0.2) is 27.1 Å². The van der Waals surface area contributed by atoms with Gasteiger partial charge in [0, 0.05) is 5.56 Å². The number of aryl methyl sites for hydroxylation is 2. The van der Waals surface area contributed by atoms with E-state index in [1.807, 2.05) is 0 Å². The molecular weight excluding hydrogens is 258 g/mol. The van der Waals surface area contributed by atoms with Crippen molar-refractivity contribution in [2.75, 3.05) is 0 Å². The molecule has 0 aliphatic rings. The van der Waals surface area contributed by atoms with Gasteiger partial charge in [-0.15, -0.1) is 0 Å². The molecule has 0 unspecified atom stereocenters. The fourth-order valence-corrected chi connectivity index (χ4v) is 2.09. The first-order valence-electron chi connectivity index (χ1n) is 5.95. The van der Waals surface area contributed by atoms with Gasteiger partial charge in [-0.05, 0) is 37.6 Å². The average Bonchev–Trinajstić information content (AvgIpc) is 2.37. The van der Waals surface area contributed by atoms with Gasteiger partial charge in [0.15, 0.2) is 0 Å². The fraction of sp³-hybridized carbons (Fsp3) is 0.133. The molecule has 0 saturated heterocycles. The van der Waals surface area contributed by atoms with Crippen LogP contribution in [-0.2, 0) is 0 Å². The number of aromatic nitrogens is 1. The lowest BCUT2D eigenvalue weighted by Crippen LogP contribution is -2.05. The minimum absolute atomic E-state index is 0.198. The van der Waals surface area contributed by atoms with Crippen molar-refractivity contribution in [1.82, 2.24) is 4.98 Å². The minimum atomic E-state index is -1.000. The zero-order chi connectivity index (χ0) is 14.9. The van der Waals surface area contributed by atoms with E-state index in [0.29, 0.717) is 17.0 Å². The van der Waals surface area contributed by atoms with Gasteiger partial charge in [0.1, 0.15) is 0 Å². The third-order valence-corrected chi connectivity index (χ3v) is 3.04. The highest BCUT2D eigenvalue weighted by Gasteiger charge is 2.14. The molecule has 0 aliphatic heterocycles. The monoisotopic (exact) mass is 271 g/mol. The lowest BCUT2D eigenvalue weighted by Gasteiger charge is -2.08. The van der Waals surface area contributed by atoms with Crippen molar-refractivity contribution < 1.29 is 19.8 Å².